The lowest BCUT2D eigenvalue weighted by atomic mass is 9.81. The van der Waals surface area contributed by atoms with Gasteiger partial charge in [0.05, 0.1) is 22.2 Å². The Kier molecular flexibility index (Phi) is 5.19. The second kappa shape index (κ2) is 7.94. The van der Waals surface area contributed by atoms with Gasteiger partial charge in [-0.05, 0) is 55.7 Å². The van der Waals surface area contributed by atoms with E-state index in [1.165, 1.54) is 5.39 Å². The monoisotopic (exact) mass is 433 g/mol. The molecule has 1 N–H and O–H groups in total. The molecule has 5 aromatic rings. The average molecular weight is 433 g/mol. The number of aliphatic hydroxyl groups is 1. The summed E-state index contributed by atoms with van der Waals surface area (Å²) in [7, 11) is 1.72. The third-order valence-electron chi connectivity index (χ3n) is 6.63. The van der Waals surface area contributed by atoms with Crippen molar-refractivity contribution < 1.29 is 9.76 Å². The summed E-state index contributed by atoms with van der Waals surface area (Å²) in [6.45, 7) is 7.28. The van der Waals surface area contributed by atoms with E-state index in [-0.39, 0.29) is 0 Å². The minimum absolute atomic E-state index is 0.715. The Balaban J connectivity index is 1.58. The van der Waals surface area contributed by atoms with Crippen LogP contribution in [0.15, 0.2) is 79.1 Å². The van der Waals surface area contributed by atoms with Gasteiger partial charge in [0.15, 0.2) is 0 Å². The Hall–Kier alpha value is -3.28. The molecule has 0 aliphatic heterocycles. The third-order valence-corrected chi connectivity index (χ3v) is 6.63. The van der Waals surface area contributed by atoms with Crippen LogP contribution in [0.25, 0.3) is 43.7 Å². The lowest BCUT2D eigenvalue weighted by Gasteiger charge is -2.37. The van der Waals surface area contributed by atoms with Gasteiger partial charge in [0, 0.05) is 23.2 Å². The number of benzene rings is 4. The number of aromatic nitrogens is 2. The molecular weight excluding hydrogens is 407 g/mol. The van der Waals surface area contributed by atoms with Gasteiger partial charge in [-0.1, -0.05) is 66.1 Å². The molecule has 33 heavy (non-hydrogen) atoms. The maximum Gasteiger partial charge on any atom is 0.330 e. The minimum Gasteiger partial charge on any atom is -0.427 e. The van der Waals surface area contributed by atoms with E-state index in [4.69, 9.17) is 4.65 Å². The molecule has 0 bridgehead atoms. The zero-order chi connectivity index (χ0) is 23.2. The van der Waals surface area contributed by atoms with Gasteiger partial charge in [-0.25, -0.2) is 0 Å². The van der Waals surface area contributed by atoms with Crippen molar-refractivity contribution in [1.29, 1.82) is 0 Å². The second-order valence-electron chi connectivity index (χ2n) is 9.49. The smallest absolute Gasteiger partial charge is 0.330 e. The van der Waals surface area contributed by atoms with Gasteiger partial charge in [0.2, 0.25) is 0 Å². The quantitative estimate of drug-likeness (QED) is 0.297. The molecule has 0 fully saturated rings. The first-order valence-electron chi connectivity index (χ1n) is 11.1. The molecule has 0 atom stereocenters. The lowest BCUT2D eigenvalue weighted by molar-refractivity contribution is -0.0893. The highest BCUT2D eigenvalue weighted by molar-refractivity contribution is 6.47. The van der Waals surface area contributed by atoms with E-state index in [0.29, 0.717) is 0 Å². The number of rotatable bonds is 5. The van der Waals surface area contributed by atoms with Crippen LogP contribution in [0, 0.1) is 0 Å². The van der Waals surface area contributed by atoms with Gasteiger partial charge in [-0.2, -0.15) is 0 Å². The molecule has 0 amide bonds. The van der Waals surface area contributed by atoms with Crippen molar-refractivity contribution in [3.8, 4) is 11.1 Å². The molecule has 4 nitrogen and oxygen atoms in total. The summed E-state index contributed by atoms with van der Waals surface area (Å²) in [5, 5.41) is 14.9. The van der Waals surface area contributed by atoms with Crippen LogP contribution in [-0.2, 0) is 4.65 Å². The summed E-state index contributed by atoms with van der Waals surface area (Å²) >= 11 is 0. The number of fused-ring (bicyclic) bond motifs is 6. The first-order chi connectivity index (χ1) is 15.7. The van der Waals surface area contributed by atoms with Crippen molar-refractivity contribution in [3.05, 3.63) is 79.1 Å². The van der Waals surface area contributed by atoms with E-state index in [1.54, 1.807) is 33.7 Å². The molecule has 1 aromatic heterocycles. The van der Waals surface area contributed by atoms with E-state index < -0.39 is 11.2 Å². The first kappa shape index (κ1) is 21.6. The molecule has 0 spiro atoms. The molecule has 0 aliphatic rings. The van der Waals surface area contributed by atoms with Crippen LogP contribution in [0.1, 0.15) is 27.7 Å². The Labute approximate surface area is 194 Å². The van der Waals surface area contributed by atoms with E-state index in [0.717, 1.165) is 43.8 Å². The number of nitrogens with zero attached hydrogens (tertiary/aromatic N) is 2. The maximum absolute atomic E-state index is 10.4. The normalized spacial score (nSPS) is 12.5. The molecule has 0 aliphatic carbocycles. The van der Waals surface area contributed by atoms with Crippen LogP contribution in [0.2, 0.25) is 0 Å². The largest absolute Gasteiger partial charge is 0.427 e. The molecule has 1 radical (unpaired) electrons. The molecular formula is C28H26BN2O2. The molecule has 163 valence electrons. The second-order valence-corrected chi connectivity index (χ2v) is 9.49. The summed E-state index contributed by atoms with van der Waals surface area (Å²) in [5.74, 6) is 0. The van der Waals surface area contributed by atoms with Crippen molar-refractivity contribution in [2.75, 3.05) is 0 Å². The molecule has 0 saturated heterocycles. The fourth-order valence-electron chi connectivity index (χ4n) is 3.96. The zero-order valence-corrected chi connectivity index (χ0v) is 19.3. The highest BCUT2D eigenvalue weighted by atomic mass is 16.5. The predicted molar refractivity (Wildman–Crippen MR) is 137 cm³/mol. The Morgan fingerprint density at radius 2 is 1.33 bits per heavy atom. The Morgan fingerprint density at radius 1 is 0.697 bits per heavy atom. The number of hydrogen-bond acceptors (Lipinski definition) is 4. The van der Waals surface area contributed by atoms with Gasteiger partial charge in [-0.3, -0.25) is 9.97 Å². The summed E-state index contributed by atoms with van der Waals surface area (Å²) in [4.78, 5) is 9.25. The third kappa shape index (κ3) is 3.88. The van der Waals surface area contributed by atoms with Gasteiger partial charge in [0.1, 0.15) is 0 Å². The van der Waals surface area contributed by atoms with E-state index in [9.17, 15) is 5.11 Å². The van der Waals surface area contributed by atoms with Crippen molar-refractivity contribution in [2.45, 2.75) is 38.9 Å². The highest BCUT2D eigenvalue weighted by Crippen LogP contribution is 2.35. The first-order valence-corrected chi connectivity index (χ1v) is 11.1. The van der Waals surface area contributed by atoms with Gasteiger partial charge < -0.3 is 9.76 Å². The van der Waals surface area contributed by atoms with E-state index in [1.807, 2.05) is 32.0 Å². The predicted octanol–water partition coefficient (Wildman–Crippen LogP) is 5.41. The molecule has 5 heteroatoms. The molecule has 0 unspecified atom stereocenters. The summed E-state index contributed by atoms with van der Waals surface area (Å²) in [6, 6.07) is 23.1. The van der Waals surface area contributed by atoms with Crippen molar-refractivity contribution in [2.24, 2.45) is 0 Å². The van der Waals surface area contributed by atoms with Crippen LogP contribution < -0.4 is 5.46 Å². The van der Waals surface area contributed by atoms with Crippen LogP contribution in [0.4, 0.5) is 0 Å². The fourth-order valence-corrected chi connectivity index (χ4v) is 3.96. The van der Waals surface area contributed by atoms with Crippen LogP contribution in [0.5, 0.6) is 0 Å². The average Bonchev–Trinajstić information content (AvgIpc) is 2.82. The van der Waals surface area contributed by atoms with Gasteiger partial charge in [-0.15, -0.1) is 0 Å². The topological polar surface area (TPSA) is 55.2 Å². The van der Waals surface area contributed by atoms with Crippen molar-refractivity contribution in [1.82, 2.24) is 9.97 Å². The Bertz CT molecular complexity index is 1450. The lowest BCUT2D eigenvalue weighted by Crippen LogP contribution is -2.49. The molecule has 1 heterocycles. The molecule has 0 saturated carbocycles. The highest BCUT2D eigenvalue weighted by Gasteiger charge is 2.35. The standard InChI is InChI=1S/C28H26BN2O2/c1-27(2,32)28(3,4)33-29-20-9-7-8-18(16-20)19-12-13-23-24(17-19)21-10-5-6-11-22(21)25-26(23)31-15-14-30-25/h5-17,32H,1-4H3. The van der Waals surface area contributed by atoms with Crippen molar-refractivity contribution in [3.63, 3.8) is 0 Å². The summed E-state index contributed by atoms with van der Waals surface area (Å²) < 4.78 is 5.96. The van der Waals surface area contributed by atoms with E-state index in [2.05, 4.69) is 58.5 Å². The maximum atomic E-state index is 10.4. The summed E-state index contributed by atoms with van der Waals surface area (Å²) in [6.07, 6.45) is 3.50. The zero-order valence-electron chi connectivity index (χ0n) is 19.3. The summed E-state index contributed by atoms with van der Waals surface area (Å²) in [5.41, 5.74) is 3.32. The van der Waals surface area contributed by atoms with Crippen LogP contribution >= 0.6 is 0 Å². The minimum atomic E-state index is -0.966. The van der Waals surface area contributed by atoms with Gasteiger partial charge >= 0.3 is 7.48 Å². The number of hydrogen-bond donors (Lipinski definition) is 1. The van der Waals surface area contributed by atoms with Crippen molar-refractivity contribution >= 4 is 45.5 Å². The fraction of sp³-hybridized carbons (Fsp3) is 0.214. The van der Waals surface area contributed by atoms with E-state index >= 15 is 0 Å². The molecule has 5 rings (SSSR count). The van der Waals surface area contributed by atoms with Crippen LogP contribution in [-0.4, -0.2) is 33.8 Å². The van der Waals surface area contributed by atoms with Crippen LogP contribution in [0.3, 0.4) is 0 Å². The van der Waals surface area contributed by atoms with Gasteiger partial charge in [0.25, 0.3) is 0 Å². The Morgan fingerprint density at radius 3 is 2.03 bits per heavy atom. The SMILES string of the molecule is CC(C)(O)C(C)(C)O[B]c1cccc(-c2ccc3c(c2)c2ccccc2c2nccnc32)c1. The molecule has 4 aromatic carbocycles.